The molecular formula is C15H32O4S. The minimum absolute atomic E-state index is 0.247. The quantitative estimate of drug-likeness (QED) is 0.399. The Balaban J connectivity index is 3.59. The van der Waals surface area contributed by atoms with Gasteiger partial charge in [-0.1, -0.05) is 71.6 Å². The smallest absolute Gasteiger partial charge is 0.270 e. The maximum absolute atomic E-state index is 11.1. The molecule has 0 aromatic rings. The average Bonchev–Trinajstić information content (AvgIpc) is 2.36. The van der Waals surface area contributed by atoms with Crippen LogP contribution in [-0.2, 0) is 10.1 Å². The summed E-state index contributed by atoms with van der Waals surface area (Å²) in [6, 6.07) is 0. The van der Waals surface area contributed by atoms with E-state index in [-0.39, 0.29) is 6.42 Å². The first-order valence-corrected chi connectivity index (χ1v) is 9.58. The molecule has 0 bridgehead atoms. The van der Waals surface area contributed by atoms with Crippen LogP contribution in [0.4, 0.5) is 0 Å². The molecule has 2 unspecified atom stereocenters. The Labute approximate surface area is 124 Å². The molecule has 2 N–H and O–H groups in total. The van der Waals surface area contributed by atoms with E-state index < -0.39 is 21.5 Å². The molecule has 0 amide bonds. The number of rotatable bonds is 13. The van der Waals surface area contributed by atoms with Crippen molar-refractivity contribution in [2.24, 2.45) is 0 Å². The molecule has 5 heteroatoms. The van der Waals surface area contributed by atoms with Crippen molar-refractivity contribution >= 4 is 10.1 Å². The van der Waals surface area contributed by atoms with Crippen molar-refractivity contribution in [2.45, 2.75) is 95.8 Å². The van der Waals surface area contributed by atoms with Gasteiger partial charge in [-0.25, -0.2) is 0 Å². The van der Waals surface area contributed by atoms with Gasteiger partial charge in [-0.05, 0) is 12.8 Å². The zero-order valence-electron chi connectivity index (χ0n) is 13.1. The number of aliphatic hydroxyl groups is 1. The Kier molecular flexibility index (Phi) is 11.4. The summed E-state index contributed by atoms with van der Waals surface area (Å²) in [5.74, 6) is 0. The standard InChI is InChI=1S/C15H32O4S/c1-3-5-6-7-8-9-10-11-12-13-14(16)15(4-2)20(17,18)19/h14-16H,3-13H2,1-2H3,(H,17,18,19). The average molecular weight is 308 g/mol. The molecule has 0 aliphatic rings. The van der Waals surface area contributed by atoms with Gasteiger partial charge in [0.25, 0.3) is 10.1 Å². The lowest BCUT2D eigenvalue weighted by Crippen LogP contribution is -2.33. The second-order valence-electron chi connectivity index (χ2n) is 5.65. The van der Waals surface area contributed by atoms with Gasteiger partial charge in [0.15, 0.2) is 0 Å². The van der Waals surface area contributed by atoms with Gasteiger partial charge in [-0.2, -0.15) is 8.42 Å². The second-order valence-corrected chi connectivity index (χ2v) is 7.28. The van der Waals surface area contributed by atoms with Crippen LogP contribution in [0, 0.1) is 0 Å². The fourth-order valence-electron chi connectivity index (χ4n) is 2.53. The van der Waals surface area contributed by atoms with Crippen molar-refractivity contribution in [3.8, 4) is 0 Å². The lowest BCUT2D eigenvalue weighted by Gasteiger charge is -2.18. The second kappa shape index (κ2) is 11.5. The summed E-state index contributed by atoms with van der Waals surface area (Å²) in [5, 5.41) is 8.77. The lowest BCUT2D eigenvalue weighted by molar-refractivity contribution is 0.149. The Morgan fingerprint density at radius 2 is 1.30 bits per heavy atom. The molecular weight excluding hydrogens is 276 g/mol. The molecule has 122 valence electrons. The molecule has 0 rings (SSSR count). The van der Waals surface area contributed by atoms with E-state index in [9.17, 15) is 13.5 Å². The highest BCUT2D eigenvalue weighted by Gasteiger charge is 2.28. The molecule has 0 heterocycles. The molecule has 20 heavy (non-hydrogen) atoms. The third-order valence-electron chi connectivity index (χ3n) is 3.82. The first kappa shape index (κ1) is 19.9. The van der Waals surface area contributed by atoms with E-state index in [4.69, 9.17) is 4.55 Å². The van der Waals surface area contributed by atoms with Crippen molar-refractivity contribution in [2.75, 3.05) is 0 Å². The molecule has 0 spiro atoms. The van der Waals surface area contributed by atoms with Crippen LogP contribution in [0.1, 0.15) is 84.5 Å². The maximum atomic E-state index is 11.1. The summed E-state index contributed by atoms with van der Waals surface area (Å²) in [4.78, 5) is 0. The number of hydrogen-bond donors (Lipinski definition) is 2. The van der Waals surface area contributed by atoms with E-state index in [0.717, 1.165) is 19.3 Å². The fourth-order valence-corrected chi connectivity index (χ4v) is 3.49. The zero-order chi connectivity index (χ0) is 15.4. The van der Waals surface area contributed by atoms with E-state index in [1.807, 2.05) is 0 Å². The van der Waals surface area contributed by atoms with Gasteiger partial charge in [0.05, 0.1) is 6.10 Å². The largest absolute Gasteiger partial charge is 0.392 e. The zero-order valence-corrected chi connectivity index (χ0v) is 13.9. The molecule has 4 nitrogen and oxygen atoms in total. The third kappa shape index (κ3) is 9.72. The first-order chi connectivity index (χ1) is 9.43. The first-order valence-electron chi connectivity index (χ1n) is 8.07. The highest BCUT2D eigenvalue weighted by Crippen LogP contribution is 2.16. The number of aliphatic hydroxyl groups excluding tert-OH is 1. The van der Waals surface area contributed by atoms with Crippen LogP contribution in [0.3, 0.4) is 0 Å². The molecule has 0 aromatic heterocycles. The molecule has 0 aliphatic heterocycles. The number of unbranched alkanes of at least 4 members (excludes halogenated alkanes) is 8. The molecule has 0 radical (unpaired) electrons. The molecule has 0 aliphatic carbocycles. The summed E-state index contributed by atoms with van der Waals surface area (Å²) in [6.07, 6.45) is 10.4. The highest BCUT2D eigenvalue weighted by atomic mass is 32.2. The summed E-state index contributed by atoms with van der Waals surface area (Å²) < 4.78 is 31.1. The normalized spacial score (nSPS) is 15.2. The Bertz CT molecular complexity index is 314. The minimum Gasteiger partial charge on any atom is -0.392 e. The molecule has 0 fully saturated rings. The summed E-state index contributed by atoms with van der Waals surface area (Å²) in [5.41, 5.74) is 0. The van der Waals surface area contributed by atoms with E-state index in [1.54, 1.807) is 6.92 Å². The van der Waals surface area contributed by atoms with Gasteiger partial charge in [-0.3, -0.25) is 4.55 Å². The molecule has 2 atom stereocenters. The van der Waals surface area contributed by atoms with Gasteiger partial charge in [0.2, 0.25) is 0 Å². The Morgan fingerprint density at radius 3 is 1.70 bits per heavy atom. The Morgan fingerprint density at radius 1 is 0.850 bits per heavy atom. The van der Waals surface area contributed by atoms with Gasteiger partial charge in [0.1, 0.15) is 5.25 Å². The van der Waals surface area contributed by atoms with Crippen molar-refractivity contribution in [1.29, 1.82) is 0 Å². The third-order valence-corrected chi connectivity index (χ3v) is 5.23. The van der Waals surface area contributed by atoms with Crippen LogP contribution >= 0.6 is 0 Å². The maximum Gasteiger partial charge on any atom is 0.270 e. The van der Waals surface area contributed by atoms with Crippen LogP contribution in [0.2, 0.25) is 0 Å². The van der Waals surface area contributed by atoms with Gasteiger partial charge in [0, 0.05) is 0 Å². The number of hydrogen-bond acceptors (Lipinski definition) is 3. The van der Waals surface area contributed by atoms with Crippen LogP contribution < -0.4 is 0 Å². The van der Waals surface area contributed by atoms with Crippen LogP contribution in [0.15, 0.2) is 0 Å². The fraction of sp³-hybridized carbons (Fsp3) is 1.00. The predicted molar refractivity (Wildman–Crippen MR) is 83.5 cm³/mol. The van der Waals surface area contributed by atoms with Gasteiger partial charge < -0.3 is 5.11 Å². The highest BCUT2D eigenvalue weighted by molar-refractivity contribution is 7.86. The van der Waals surface area contributed by atoms with Gasteiger partial charge in [-0.15, -0.1) is 0 Å². The monoisotopic (exact) mass is 308 g/mol. The van der Waals surface area contributed by atoms with Crippen molar-refractivity contribution < 1.29 is 18.1 Å². The summed E-state index contributed by atoms with van der Waals surface area (Å²) in [7, 11) is -4.12. The van der Waals surface area contributed by atoms with Crippen molar-refractivity contribution in [3.63, 3.8) is 0 Å². The van der Waals surface area contributed by atoms with Crippen molar-refractivity contribution in [3.05, 3.63) is 0 Å². The minimum atomic E-state index is -4.12. The molecule has 0 saturated carbocycles. The summed E-state index contributed by atoms with van der Waals surface area (Å²) >= 11 is 0. The van der Waals surface area contributed by atoms with E-state index in [1.165, 1.54) is 38.5 Å². The summed E-state index contributed by atoms with van der Waals surface area (Å²) in [6.45, 7) is 3.87. The molecule has 0 aromatic carbocycles. The predicted octanol–water partition coefficient (Wildman–Crippen LogP) is 3.93. The van der Waals surface area contributed by atoms with Crippen LogP contribution in [0.25, 0.3) is 0 Å². The molecule has 0 saturated heterocycles. The Hall–Kier alpha value is -0.130. The van der Waals surface area contributed by atoms with E-state index in [2.05, 4.69) is 6.92 Å². The van der Waals surface area contributed by atoms with E-state index >= 15 is 0 Å². The topological polar surface area (TPSA) is 74.6 Å². The van der Waals surface area contributed by atoms with Crippen LogP contribution in [0.5, 0.6) is 0 Å². The SMILES string of the molecule is CCCCCCCCCCCC(O)C(CC)S(=O)(=O)O. The van der Waals surface area contributed by atoms with Crippen LogP contribution in [-0.4, -0.2) is 29.4 Å². The lowest BCUT2D eigenvalue weighted by atomic mass is 10.0. The van der Waals surface area contributed by atoms with E-state index in [0.29, 0.717) is 6.42 Å². The van der Waals surface area contributed by atoms with Gasteiger partial charge >= 0.3 is 0 Å². The van der Waals surface area contributed by atoms with Crippen molar-refractivity contribution in [1.82, 2.24) is 0 Å².